The lowest BCUT2D eigenvalue weighted by Crippen LogP contribution is -2.48. The van der Waals surface area contributed by atoms with Gasteiger partial charge in [0.25, 0.3) is 5.91 Å². The Morgan fingerprint density at radius 1 is 1.28 bits per heavy atom. The highest BCUT2D eigenvalue weighted by Crippen LogP contribution is 2.04. The Morgan fingerprint density at radius 2 is 1.89 bits per heavy atom. The van der Waals surface area contributed by atoms with Gasteiger partial charge < -0.3 is 14.5 Å². The van der Waals surface area contributed by atoms with Crippen molar-refractivity contribution in [2.24, 2.45) is 0 Å². The van der Waals surface area contributed by atoms with Crippen LogP contribution in [-0.4, -0.2) is 55.5 Å². The summed E-state index contributed by atoms with van der Waals surface area (Å²) in [4.78, 5) is 15.7. The molecule has 0 saturated carbocycles. The summed E-state index contributed by atoms with van der Waals surface area (Å²) < 4.78 is 17.5. The number of ether oxygens (including phenoxy) is 1. The van der Waals surface area contributed by atoms with Gasteiger partial charge in [-0.1, -0.05) is 13.2 Å². The van der Waals surface area contributed by atoms with E-state index in [-0.39, 0.29) is 18.3 Å². The largest absolute Gasteiger partial charge is 0.484 e. The van der Waals surface area contributed by atoms with Crippen LogP contribution < -0.4 is 0 Å². The zero-order chi connectivity index (χ0) is 13.5. The third-order valence-corrected chi connectivity index (χ3v) is 2.69. The molecule has 0 bridgehead atoms. The Labute approximate surface area is 107 Å². The first-order valence-electron chi connectivity index (χ1n) is 5.79. The quantitative estimate of drug-likeness (QED) is 0.548. The van der Waals surface area contributed by atoms with Crippen molar-refractivity contribution in [2.45, 2.75) is 0 Å². The van der Waals surface area contributed by atoms with Gasteiger partial charge >= 0.3 is 0 Å². The van der Waals surface area contributed by atoms with Gasteiger partial charge in [-0.05, 0) is 19.2 Å². The van der Waals surface area contributed by atoms with Crippen molar-refractivity contribution < 1.29 is 13.9 Å². The van der Waals surface area contributed by atoms with Crippen LogP contribution in [0.4, 0.5) is 4.39 Å². The van der Waals surface area contributed by atoms with Crippen LogP contribution in [0.15, 0.2) is 36.9 Å². The fraction of sp³-hybridized carbons (Fsp3) is 0.462. The molecule has 0 aromatic carbocycles. The summed E-state index contributed by atoms with van der Waals surface area (Å²) in [6, 6.07) is 0. The zero-order valence-electron chi connectivity index (χ0n) is 10.7. The molecule has 0 aromatic heterocycles. The lowest BCUT2D eigenvalue weighted by Gasteiger charge is -2.32. The van der Waals surface area contributed by atoms with Gasteiger partial charge in [-0.25, -0.2) is 4.39 Å². The Bertz CT molecular complexity index is 358. The monoisotopic (exact) mass is 254 g/mol. The van der Waals surface area contributed by atoms with Crippen molar-refractivity contribution in [3.63, 3.8) is 0 Å². The number of carbonyl (C=O) groups excluding carboxylic acids is 1. The van der Waals surface area contributed by atoms with Gasteiger partial charge in [0.15, 0.2) is 6.61 Å². The second-order valence-corrected chi connectivity index (χ2v) is 4.22. The van der Waals surface area contributed by atoms with E-state index in [1.54, 1.807) is 4.90 Å². The van der Waals surface area contributed by atoms with E-state index in [2.05, 4.69) is 18.1 Å². The molecule has 100 valence electrons. The molecule has 4 nitrogen and oxygen atoms in total. The number of piperazine rings is 1. The highest BCUT2D eigenvalue weighted by atomic mass is 19.1. The standard InChI is InChI=1S/C13H19FN2O2/c1-11(14)4-5-12(2)18-10-13(17)16-8-6-15(3)7-9-16/h4-5H,1-2,6-10H2,3H3/b5-4-. The van der Waals surface area contributed by atoms with Crippen LogP contribution >= 0.6 is 0 Å². The molecule has 1 aliphatic heterocycles. The SMILES string of the molecule is C=C(F)/C=C\C(=C)OCC(=O)N1CCN(C)CC1. The van der Waals surface area contributed by atoms with Crippen LogP contribution in [0.25, 0.3) is 0 Å². The van der Waals surface area contributed by atoms with E-state index in [9.17, 15) is 9.18 Å². The molecule has 5 heteroatoms. The molecule has 0 unspecified atom stereocenters. The number of carbonyl (C=O) groups is 1. The predicted octanol–water partition coefficient (Wildman–Crippen LogP) is 1.33. The van der Waals surface area contributed by atoms with Crippen molar-refractivity contribution >= 4 is 5.91 Å². The van der Waals surface area contributed by atoms with Gasteiger partial charge in [0.2, 0.25) is 0 Å². The third-order valence-electron chi connectivity index (χ3n) is 2.69. The fourth-order valence-corrected chi connectivity index (χ4v) is 1.53. The molecule has 0 spiro atoms. The Hall–Kier alpha value is -1.62. The van der Waals surface area contributed by atoms with Crippen LogP contribution in [0, 0.1) is 0 Å². The summed E-state index contributed by atoms with van der Waals surface area (Å²) in [7, 11) is 2.02. The average molecular weight is 254 g/mol. The normalized spacial score (nSPS) is 16.9. The summed E-state index contributed by atoms with van der Waals surface area (Å²) in [5, 5.41) is 0. The molecule has 0 radical (unpaired) electrons. The Kier molecular flexibility index (Phi) is 5.58. The maximum absolute atomic E-state index is 12.3. The van der Waals surface area contributed by atoms with E-state index >= 15 is 0 Å². The number of hydrogen-bond acceptors (Lipinski definition) is 3. The number of likely N-dealkylation sites (N-methyl/N-ethyl adjacent to an activating group) is 1. The van der Waals surface area contributed by atoms with E-state index < -0.39 is 5.83 Å². The summed E-state index contributed by atoms with van der Waals surface area (Å²) in [5.74, 6) is -0.404. The minimum absolute atomic E-state index is 0.0638. The molecular weight excluding hydrogens is 235 g/mol. The van der Waals surface area contributed by atoms with Crippen LogP contribution in [0.3, 0.4) is 0 Å². The minimum Gasteiger partial charge on any atom is -0.484 e. The summed E-state index contributed by atoms with van der Waals surface area (Å²) in [5.41, 5.74) is 0. The molecular formula is C13H19FN2O2. The number of allylic oxidation sites excluding steroid dienone is 3. The molecule has 0 N–H and O–H groups in total. The van der Waals surface area contributed by atoms with E-state index in [1.807, 2.05) is 7.05 Å². The smallest absolute Gasteiger partial charge is 0.260 e. The van der Waals surface area contributed by atoms with Crippen LogP contribution in [0.2, 0.25) is 0 Å². The molecule has 1 amide bonds. The zero-order valence-corrected chi connectivity index (χ0v) is 10.7. The summed E-state index contributed by atoms with van der Waals surface area (Å²) in [6.45, 7) is 9.73. The van der Waals surface area contributed by atoms with Gasteiger partial charge in [-0.2, -0.15) is 0 Å². The second-order valence-electron chi connectivity index (χ2n) is 4.22. The van der Waals surface area contributed by atoms with E-state index in [0.29, 0.717) is 13.1 Å². The van der Waals surface area contributed by atoms with Gasteiger partial charge in [-0.3, -0.25) is 4.79 Å². The molecule has 1 rings (SSSR count). The maximum atomic E-state index is 12.3. The number of rotatable bonds is 5. The fourth-order valence-electron chi connectivity index (χ4n) is 1.53. The third kappa shape index (κ3) is 5.14. The second kappa shape index (κ2) is 6.96. The molecule has 1 heterocycles. The lowest BCUT2D eigenvalue weighted by atomic mass is 10.3. The van der Waals surface area contributed by atoms with E-state index in [4.69, 9.17) is 4.74 Å². The number of nitrogens with zero attached hydrogens (tertiary/aromatic N) is 2. The maximum Gasteiger partial charge on any atom is 0.260 e. The lowest BCUT2D eigenvalue weighted by molar-refractivity contribution is -0.136. The van der Waals surface area contributed by atoms with Gasteiger partial charge in [-0.15, -0.1) is 0 Å². The molecule has 0 aromatic rings. The summed E-state index contributed by atoms with van der Waals surface area (Å²) in [6.07, 6.45) is 2.49. The Morgan fingerprint density at radius 3 is 2.44 bits per heavy atom. The van der Waals surface area contributed by atoms with Crippen molar-refractivity contribution in [1.82, 2.24) is 9.80 Å². The van der Waals surface area contributed by atoms with Gasteiger partial charge in [0.05, 0.1) is 0 Å². The Balaban J connectivity index is 2.28. The highest BCUT2D eigenvalue weighted by Gasteiger charge is 2.18. The van der Waals surface area contributed by atoms with Crippen LogP contribution in [-0.2, 0) is 9.53 Å². The summed E-state index contributed by atoms with van der Waals surface area (Å²) >= 11 is 0. The van der Waals surface area contributed by atoms with E-state index in [0.717, 1.165) is 19.2 Å². The molecule has 0 aliphatic carbocycles. The first-order chi connectivity index (χ1) is 8.49. The van der Waals surface area contributed by atoms with Crippen LogP contribution in [0.1, 0.15) is 0 Å². The number of hydrogen-bond donors (Lipinski definition) is 0. The van der Waals surface area contributed by atoms with Crippen molar-refractivity contribution in [3.8, 4) is 0 Å². The van der Waals surface area contributed by atoms with Crippen LogP contribution in [0.5, 0.6) is 0 Å². The van der Waals surface area contributed by atoms with Crippen molar-refractivity contribution in [3.05, 3.63) is 36.9 Å². The molecule has 1 aliphatic rings. The first-order valence-corrected chi connectivity index (χ1v) is 5.79. The molecule has 18 heavy (non-hydrogen) atoms. The highest BCUT2D eigenvalue weighted by molar-refractivity contribution is 5.77. The minimum atomic E-state index is -0.579. The van der Waals surface area contributed by atoms with E-state index in [1.165, 1.54) is 6.08 Å². The molecule has 0 atom stereocenters. The number of amides is 1. The first kappa shape index (κ1) is 14.4. The molecule has 1 fully saturated rings. The molecule has 1 saturated heterocycles. The number of halogens is 1. The van der Waals surface area contributed by atoms with Crippen molar-refractivity contribution in [2.75, 3.05) is 39.8 Å². The average Bonchev–Trinajstić information content (AvgIpc) is 2.34. The van der Waals surface area contributed by atoms with Gasteiger partial charge in [0.1, 0.15) is 11.6 Å². The topological polar surface area (TPSA) is 32.8 Å². The van der Waals surface area contributed by atoms with Crippen molar-refractivity contribution in [1.29, 1.82) is 0 Å². The van der Waals surface area contributed by atoms with Gasteiger partial charge in [0, 0.05) is 26.2 Å². The predicted molar refractivity (Wildman–Crippen MR) is 68.6 cm³/mol.